The van der Waals surface area contributed by atoms with Crippen LogP contribution < -0.4 is 5.32 Å². The maximum absolute atomic E-state index is 11.5. The van der Waals surface area contributed by atoms with Gasteiger partial charge in [-0.2, -0.15) is 0 Å². The van der Waals surface area contributed by atoms with Gasteiger partial charge < -0.3 is 10.1 Å². The van der Waals surface area contributed by atoms with Gasteiger partial charge in [-0.3, -0.25) is 0 Å². The molecule has 0 aliphatic heterocycles. The van der Waals surface area contributed by atoms with Crippen LogP contribution in [0, 0.1) is 0 Å². The number of alkyl carbamates (subject to hydrolysis) is 1. The van der Waals surface area contributed by atoms with Crippen LogP contribution in [-0.2, 0) is 11.2 Å². The monoisotopic (exact) mass is 277 g/mol. The van der Waals surface area contributed by atoms with E-state index in [4.69, 9.17) is 4.74 Å². The number of nitrogens with one attached hydrogen (secondary N) is 1. The van der Waals surface area contributed by atoms with Gasteiger partial charge >= 0.3 is 6.09 Å². The highest BCUT2D eigenvalue weighted by molar-refractivity contribution is 5.67. The lowest BCUT2D eigenvalue weighted by molar-refractivity contribution is 0.0527. The Morgan fingerprint density at radius 3 is 2.30 bits per heavy atom. The third-order valence-corrected chi connectivity index (χ3v) is 2.96. The molecule has 1 aromatic carbocycles. The molecule has 3 heteroatoms. The van der Waals surface area contributed by atoms with Crippen molar-refractivity contribution in [1.29, 1.82) is 0 Å². The number of hydrogen-bond acceptors (Lipinski definition) is 2. The zero-order valence-electron chi connectivity index (χ0n) is 13.3. The van der Waals surface area contributed by atoms with Gasteiger partial charge in [-0.25, -0.2) is 4.79 Å². The number of carbonyl (C=O) groups excluding carboxylic acids is 1. The SMILES string of the molecule is CC(C)c1ccc(CCCNC(=O)OC(C)(C)C)cc1. The topological polar surface area (TPSA) is 38.3 Å². The van der Waals surface area contributed by atoms with Gasteiger partial charge in [0.05, 0.1) is 0 Å². The zero-order chi connectivity index (χ0) is 15.2. The lowest BCUT2D eigenvalue weighted by Gasteiger charge is -2.19. The summed E-state index contributed by atoms with van der Waals surface area (Å²) in [6.07, 6.45) is 1.54. The number of hydrogen-bond donors (Lipinski definition) is 1. The standard InChI is InChI=1S/C17H27NO2/c1-13(2)15-10-8-14(9-11-15)7-6-12-18-16(19)20-17(3,4)5/h8-11,13H,6-7,12H2,1-5H3,(H,18,19). The summed E-state index contributed by atoms with van der Waals surface area (Å²) in [6.45, 7) is 10.6. The molecule has 0 spiro atoms. The van der Waals surface area contributed by atoms with Crippen molar-refractivity contribution in [3.63, 3.8) is 0 Å². The van der Waals surface area contributed by atoms with Crippen LogP contribution in [0.25, 0.3) is 0 Å². The smallest absolute Gasteiger partial charge is 0.407 e. The minimum Gasteiger partial charge on any atom is -0.444 e. The van der Waals surface area contributed by atoms with Crippen molar-refractivity contribution in [1.82, 2.24) is 5.32 Å². The van der Waals surface area contributed by atoms with E-state index in [1.165, 1.54) is 11.1 Å². The maximum Gasteiger partial charge on any atom is 0.407 e. The molecule has 0 aromatic heterocycles. The summed E-state index contributed by atoms with van der Waals surface area (Å²) >= 11 is 0. The highest BCUT2D eigenvalue weighted by atomic mass is 16.6. The minimum atomic E-state index is -0.434. The van der Waals surface area contributed by atoms with E-state index in [1.54, 1.807) is 0 Å². The number of ether oxygens (including phenoxy) is 1. The normalized spacial score (nSPS) is 11.5. The van der Waals surface area contributed by atoms with Crippen molar-refractivity contribution in [3.8, 4) is 0 Å². The highest BCUT2D eigenvalue weighted by Crippen LogP contribution is 2.15. The number of amides is 1. The first kappa shape index (κ1) is 16.5. The first-order chi connectivity index (χ1) is 9.28. The maximum atomic E-state index is 11.5. The second-order valence-corrected chi connectivity index (χ2v) is 6.43. The average Bonchev–Trinajstić information content (AvgIpc) is 2.33. The van der Waals surface area contributed by atoms with Crippen LogP contribution in [0.3, 0.4) is 0 Å². The predicted molar refractivity (Wildman–Crippen MR) is 83.1 cm³/mol. The molecule has 20 heavy (non-hydrogen) atoms. The van der Waals surface area contributed by atoms with Crippen LogP contribution in [0.5, 0.6) is 0 Å². The molecule has 3 nitrogen and oxygen atoms in total. The molecule has 1 N–H and O–H groups in total. The van der Waals surface area contributed by atoms with Gasteiger partial charge in [0.1, 0.15) is 5.60 Å². The molecular weight excluding hydrogens is 250 g/mol. The Kier molecular flexibility index (Phi) is 6.05. The Hall–Kier alpha value is -1.51. The van der Waals surface area contributed by atoms with Crippen molar-refractivity contribution in [3.05, 3.63) is 35.4 Å². The predicted octanol–water partition coefficient (Wildman–Crippen LogP) is 4.27. The summed E-state index contributed by atoms with van der Waals surface area (Å²) in [7, 11) is 0. The zero-order valence-corrected chi connectivity index (χ0v) is 13.3. The summed E-state index contributed by atoms with van der Waals surface area (Å²) < 4.78 is 5.18. The lowest BCUT2D eigenvalue weighted by atomic mass is 10.0. The molecule has 0 saturated carbocycles. The van der Waals surface area contributed by atoms with E-state index in [0.717, 1.165) is 12.8 Å². The van der Waals surface area contributed by atoms with Gasteiger partial charge in [0.2, 0.25) is 0 Å². The van der Waals surface area contributed by atoms with Gasteiger partial charge in [-0.15, -0.1) is 0 Å². The Bertz CT molecular complexity index is 416. The van der Waals surface area contributed by atoms with Crippen LogP contribution >= 0.6 is 0 Å². The molecule has 0 aliphatic carbocycles. The molecule has 0 aliphatic rings. The third-order valence-electron chi connectivity index (χ3n) is 2.96. The van der Waals surface area contributed by atoms with E-state index < -0.39 is 5.60 Å². The van der Waals surface area contributed by atoms with Crippen molar-refractivity contribution in [2.45, 2.75) is 59.0 Å². The van der Waals surface area contributed by atoms with E-state index in [-0.39, 0.29) is 6.09 Å². The van der Waals surface area contributed by atoms with Crippen molar-refractivity contribution in [2.75, 3.05) is 6.54 Å². The molecule has 0 heterocycles. The van der Waals surface area contributed by atoms with Crippen molar-refractivity contribution >= 4 is 6.09 Å². The molecule has 0 unspecified atom stereocenters. The molecule has 0 radical (unpaired) electrons. The molecule has 0 saturated heterocycles. The fourth-order valence-corrected chi connectivity index (χ4v) is 1.87. The molecule has 1 aromatic rings. The van der Waals surface area contributed by atoms with E-state index in [1.807, 2.05) is 20.8 Å². The molecule has 1 amide bonds. The largest absolute Gasteiger partial charge is 0.444 e. The van der Waals surface area contributed by atoms with Crippen molar-refractivity contribution < 1.29 is 9.53 Å². The minimum absolute atomic E-state index is 0.340. The molecule has 0 atom stereocenters. The molecule has 112 valence electrons. The Morgan fingerprint density at radius 1 is 1.20 bits per heavy atom. The number of carbonyl (C=O) groups is 1. The van der Waals surface area contributed by atoms with Crippen LogP contribution in [0.2, 0.25) is 0 Å². The van der Waals surface area contributed by atoms with Crippen LogP contribution in [0.15, 0.2) is 24.3 Å². The van der Waals surface area contributed by atoms with Crippen molar-refractivity contribution in [2.24, 2.45) is 0 Å². The second-order valence-electron chi connectivity index (χ2n) is 6.43. The first-order valence-corrected chi connectivity index (χ1v) is 7.33. The Balaban J connectivity index is 2.26. The number of rotatable bonds is 5. The Morgan fingerprint density at radius 2 is 1.80 bits per heavy atom. The second kappa shape index (κ2) is 7.32. The summed E-state index contributed by atoms with van der Waals surface area (Å²) in [5, 5.41) is 2.78. The average molecular weight is 277 g/mol. The highest BCUT2D eigenvalue weighted by Gasteiger charge is 2.15. The summed E-state index contributed by atoms with van der Waals surface area (Å²) in [4.78, 5) is 11.5. The lowest BCUT2D eigenvalue weighted by Crippen LogP contribution is -2.33. The summed E-state index contributed by atoms with van der Waals surface area (Å²) in [6, 6.07) is 8.70. The van der Waals surface area contributed by atoms with Crippen LogP contribution in [0.4, 0.5) is 4.79 Å². The quantitative estimate of drug-likeness (QED) is 0.816. The van der Waals surface area contributed by atoms with Crippen LogP contribution in [0.1, 0.15) is 58.1 Å². The molecule has 1 rings (SSSR count). The Labute approximate surface area is 122 Å². The number of aryl methyl sites for hydroxylation is 1. The molecular formula is C17H27NO2. The van der Waals surface area contributed by atoms with Gasteiger partial charge in [-0.05, 0) is 50.7 Å². The van der Waals surface area contributed by atoms with Crippen LogP contribution in [-0.4, -0.2) is 18.2 Å². The van der Waals surface area contributed by atoms with E-state index in [0.29, 0.717) is 12.5 Å². The molecule has 0 fully saturated rings. The summed E-state index contributed by atoms with van der Waals surface area (Å²) in [5.74, 6) is 0.567. The third kappa shape index (κ3) is 6.60. The van der Waals surface area contributed by atoms with E-state index in [9.17, 15) is 4.79 Å². The number of benzene rings is 1. The van der Waals surface area contributed by atoms with E-state index in [2.05, 4.69) is 43.4 Å². The van der Waals surface area contributed by atoms with Gasteiger partial charge in [0.25, 0.3) is 0 Å². The first-order valence-electron chi connectivity index (χ1n) is 7.33. The fourth-order valence-electron chi connectivity index (χ4n) is 1.87. The molecule has 0 bridgehead atoms. The summed E-state index contributed by atoms with van der Waals surface area (Å²) in [5.41, 5.74) is 2.23. The van der Waals surface area contributed by atoms with Gasteiger partial charge in [0.15, 0.2) is 0 Å². The van der Waals surface area contributed by atoms with Gasteiger partial charge in [0, 0.05) is 6.54 Å². The van der Waals surface area contributed by atoms with E-state index >= 15 is 0 Å². The van der Waals surface area contributed by atoms with Gasteiger partial charge in [-0.1, -0.05) is 38.1 Å². The fraction of sp³-hybridized carbons (Fsp3) is 0.588.